The van der Waals surface area contributed by atoms with E-state index in [-0.39, 0.29) is 5.54 Å². The molecule has 1 heterocycles. The standard InChI is InChI=1S/C10H19NOS/c12-7-10(5-6-13-8-10)11-9-3-1-2-4-9/h9,11-12H,1-8H2. The Morgan fingerprint density at radius 3 is 2.69 bits per heavy atom. The zero-order chi connectivity index (χ0) is 9.15. The monoisotopic (exact) mass is 201 g/mol. The molecule has 0 amide bonds. The Labute approximate surface area is 84.5 Å². The van der Waals surface area contributed by atoms with Crippen LogP contribution in [-0.2, 0) is 0 Å². The molecule has 1 saturated carbocycles. The van der Waals surface area contributed by atoms with E-state index in [1.54, 1.807) is 0 Å². The zero-order valence-electron chi connectivity index (χ0n) is 8.09. The van der Waals surface area contributed by atoms with Crippen LogP contribution in [0.3, 0.4) is 0 Å². The van der Waals surface area contributed by atoms with Gasteiger partial charge in [0.25, 0.3) is 0 Å². The third kappa shape index (κ3) is 2.20. The molecular weight excluding hydrogens is 182 g/mol. The van der Waals surface area contributed by atoms with Gasteiger partial charge in [0, 0.05) is 11.8 Å². The van der Waals surface area contributed by atoms with Gasteiger partial charge in [-0.05, 0) is 25.0 Å². The summed E-state index contributed by atoms with van der Waals surface area (Å²) in [6, 6.07) is 0.686. The first-order valence-electron chi connectivity index (χ1n) is 5.31. The summed E-state index contributed by atoms with van der Waals surface area (Å²) < 4.78 is 0. The van der Waals surface area contributed by atoms with Gasteiger partial charge in [0.05, 0.1) is 12.1 Å². The fourth-order valence-corrected chi connectivity index (χ4v) is 3.78. The molecule has 0 aromatic heterocycles. The van der Waals surface area contributed by atoms with Gasteiger partial charge in [-0.3, -0.25) is 0 Å². The molecule has 76 valence electrons. The normalized spacial score (nSPS) is 35.8. The van der Waals surface area contributed by atoms with Crippen LogP contribution in [0, 0.1) is 0 Å². The van der Waals surface area contributed by atoms with Crippen molar-refractivity contribution in [1.82, 2.24) is 5.32 Å². The Hall–Kier alpha value is 0.270. The van der Waals surface area contributed by atoms with Gasteiger partial charge in [-0.15, -0.1) is 0 Å². The quantitative estimate of drug-likeness (QED) is 0.723. The number of hydrogen-bond donors (Lipinski definition) is 2. The van der Waals surface area contributed by atoms with E-state index in [1.165, 1.54) is 31.4 Å². The number of aliphatic hydroxyl groups excluding tert-OH is 1. The molecule has 0 spiro atoms. The summed E-state index contributed by atoms with van der Waals surface area (Å²) in [7, 11) is 0. The van der Waals surface area contributed by atoms with Crippen LogP contribution in [0.1, 0.15) is 32.1 Å². The van der Waals surface area contributed by atoms with Crippen LogP contribution in [0.4, 0.5) is 0 Å². The molecule has 0 aromatic rings. The minimum absolute atomic E-state index is 0.0691. The highest BCUT2D eigenvalue weighted by molar-refractivity contribution is 7.99. The molecule has 2 rings (SSSR count). The Balaban J connectivity index is 1.88. The van der Waals surface area contributed by atoms with E-state index in [2.05, 4.69) is 5.32 Å². The van der Waals surface area contributed by atoms with E-state index in [9.17, 15) is 5.11 Å². The van der Waals surface area contributed by atoms with Gasteiger partial charge < -0.3 is 10.4 Å². The average molecular weight is 201 g/mol. The molecule has 2 fully saturated rings. The third-order valence-corrected chi connectivity index (χ3v) is 4.52. The molecule has 1 unspecified atom stereocenters. The van der Waals surface area contributed by atoms with E-state index >= 15 is 0 Å². The fourth-order valence-electron chi connectivity index (χ4n) is 2.39. The summed E-state index contributed by atoms with van der Waals surface area (Å²) in [4.78, 5) is 0. The van der Waals surface area contributed by atoms with Crippen molar-refractivity contribution in [3.63, 3.8) is 0 Å². The molecule has 0 radical (unpaired) electrons. The molecular formula is C10H19NOS. The predicted octanol–water partition coefficient (Wildman–Crippen LogP) is 1.39. The lowest BCUT2D eigenvalue weighted by Crippen LogP contribution is -2.52. The summed E-state index contributed by atoms with van der Waals surface area (Å²) in [6.45, 7) is 0.316. The van der Waals surface area contributed by atoms with Crippen LogP contribution in [0.2, 0.25) is 0 Å². The summed E-state index contributed by atoms with van der Waals surface area (Å²) in [5, 5.41) is 13.1. The lowest BCUT2D eigenvalue weighted by atomic mass is 9.98. The van der Waals surface area contributed by atoms with E-state index in [0.29, 0.717) is 12.6 Å². The molecule has 0 aromatic carbocycles. The van der Waals surface area contributed by atoms with Gasteiger partial charge in [-0.25, -0.2) is 0 Å². The highest BCUT2D eigenvalue weighted by atomic mass is 32.2. The van der Waals surface area contributed by atoms with Crippen LogP contribution >= 0.6 is 11.8 Å². The largest absolute Gasteiger partial charge is 0.394 e. The second-order valence-corrected chi connectivity index (χ2v) is 5.47. The Kier molecular flexibility index (Phi) is 3.17. The minimum atomic E-state index is 0.0691. The maximum absolute atomic E-state index is 9.40. The second-order valence-electron chi connectivity index (χ2n) is 4.37. The first kappa shape index (κ1) is 9.81. The lowest BCUT2D eigenvalue weighted by molar-refractivity contribution is 0.166. The second kappa shape index (κ2) is 4.20. The molecule has 2 nitrogen and oxygen atoms in total. The summed E-state index contributed by atoms with van der Waals surface area (Å²) in [6.07, 6.45) is 6.50. The number of rotatable bonds is 3. The molecule has 3 heteroatoms. The van der Waals surface area contributed by atoms with Crippen molar-refractivity contribution in [1.29, 1.82) is 0 Å². The maximum Gasteiger partial charge on any atom is 0.0621 e. The van der Waals surface area contributed by atoms with Gasteiger partial charge in [-0.2, -0.15) is 11.8 Å². The van der Waals surface area contributed by atoms with E-state index in [0.717, 1.165) is 12.2 Å². The Bertz CT molecular complexity index is 162. The van der Waals surface area contributed by atoms with Crippen molar-refractivity contribution in [2.24, 2.45) is 0 Å². The highest BCUT2D eigenvalue weighted by Gasteiger charge is 2.35. The van der Waals surface area contributed by atoms with E-state index in [1.807, 2.05) is 11.8 Å². The van der Waals surface area contributed by atoms with Crippen LogP contribution in [0.5, 0.6) is 0 Å². The van der Waals surface area contributed by atoms with Gasteiger partial charge in [0.1, 0.15) is 0 Å². The lowest BCUT2D eigenvalue weighted by Gasteiger charge is -2.31. The molecule has 1 aliphatic carbocycles. The van der Waals surface area contributed by atoms with Crippen LogP contribution in [0.15, 0.2) is 0 Å². The van der Waals surface area contributed by atoms with Crippen LogP contribution in [0.25, 0.3) is 0 Å². The molecule has 2 aliphatic rings. The van der Waals surface area contributed by atoms with Gasteiger partial charge in [-0.1, -0.05) is 12.8 Å². The van der Waals surface area contributed by atoms with Crippen molar-refractivity contribution < 1.29 is 5.11 Å². The molecule has 1 atom stereocenters. The van der Waals surface area contributed by atoms with E-state index in [4.69, 9.17) is 0 Å². The zero-order valence-corrected chi connectivity index (χ0v) is 8.91. The SMILES string of the molecule is OCC1(NC2CCCC2)CCSC1. The van der Waals surface area contributed by atoms with Crippen molar-refractivity contribution in [2.45, 2.75) is 43.7 Å². The minimum Gasteiger partial charge on any atom is -0.394 e. The number of thioether (sulfide) groups is 1. The Morgan fingerprint density at radius 1 is 1.38 bits per heavy atom. The first-order chi connectivity index (χ1) is 6.35. The molecule has 13 heavy (non-hydrogen) atoms. The number of nitrogens with one attached hydrogen (secondary N) is 1. The third-order valence-electron chi connectivity index (χ3n) is 3.27. The smallest absolute Gasteiger partial charge is 0.0621 e. The fraction of sp³-hybridized carbons (Fsp3) is 1.00. The van der Waals surface area contributed by atoms with Crippen molar-refractivity contribution in [2.75, 3.05) is 18.1 Å². The molecule has 1 saturated heterocycles. The summed E-state index contributed by atoms with van der Waals surface area (Å²) in [5.41, 5.74) is 0.0691. The van der Waals surface area contributed by atoms with Crippen LogP contribution < -0.4 is 5.32 Å². The van der Waals surface area contributed by atoms with Gasteiger partial charge in [0.15, 0.2) is 0 Å². The number of aliphatic hydroxyl groups is 1. The first-order valence-corrected chi connectivity index (χ1v) is 6.46. The predicted molar refractivity (Wildman–Crippen MR) is 57.2 cm³/mol. The summed E-state index contributed by atoms with van der Waals surface area (Å²) >= 11 is 1.97. The summed E-state index contributed by atoms with van der Waals surface area (Å²) in [5.74, 6) is 2.31. The van der Waals surface area contributed by atoms with Crippen molar-refractivity contribution >= 4 is 11.8 Å². The molecule has 2 N–H and O–H groups in total. The van der Waals surface area contributed by atoms with Gasteiger partial charge >= 0.3 is 0 Å². The Morgan fingerprint density at radius 2 is 2.15 bits per heavy atom. The van der Waals surface area contributed by atoms with Gasteiger partial charge in [0.2, 0.25) is 0 Å². The average Bonchev–Trinajstić information content (AvgIpc) is 2.77. The molecule has 0 bridgehead atoms. The topological polar surface area (TPSA) is 32.3 Å². The maximum atomic E-state index is 9.40. The van der Waals surface area contributed by atoms with Crippen LogP contribution in [-0.4, -0.2) is 34.8 Å². The highest BCUT2D eigenvalue weighted by Crippen LogP contribution is 2.30. The van der Waals surface area contributed by atoms with Crippen molar-refractivity contribution in [3.8, 4) is 0 Å². The van der Waals surface area contributed by atoms with Crippen molar-refractivity contribution in [3.05, 3.63) is 0 Å². The van der Waals surface area contributed by atoms with E-state index < -0.39 is 0 Å². The molecule has 1 aliphatic heterocycles. The number of hydrogen-bond acceptors (Lipinski definition) is 3.